The molecular formula is C21H19FN2O4. The van der Waals surface area contributed by atoms with E-state index in [1.807, 2.05) is 6.07 Å². The lowest BCUT2D eigenvalue weighted by Crippen LogP contribution is -2.30. The van der Waals surface area contributed by atoms with Gasteiger partial charge in [-0.3, -0.25) is 4.79 Å². The lowest BCUT2D eigenvalue weighted by Gasteiger charge is -2.15. The molecule has 28 heavy (non-hydrogen) atoms. The summed E-state index contributed by atoms with van der Waals surface area (Å²) in [4.78, 5) is 24.7. The number of carbonyl (C=O) groups excluding carboxylic acids is 2. The van der Waals surface area contributed by atoms with Crippen LogP contribution in [-0.2, 0) is 16.1 Å². The molecule has 0 fully saturated rings. The number of nitrogens with one attached hydrogen (secondary N) is 2. The number of hydrogen-bond acceptors (Lipinski definition) is 5. The minimum absolute atomic E-state index is 0.286. The maximum atomic E-state index is 13.2. The molecule has 0 aliphatic carbocycles. The fourth-order valence-electron chi connectivity index (χ4n) is 2.50. The van der Waals surface area contributed by atoms with Crippen molar-refractivity contribution in [2.45, 2.75) is 19.6 Å². The minimum atomic E-state index is -1.06. The molecule has 6 nitrogen and oxygen atoms in total. The van der Waals surface area contributed by atoms with Gasteiger partial charge in [-0.15, -0.1) is 0 Å². The number of ether oxygens (including phenoxy) is 1. The fraction of sp³-hybridized carbons (Fsp3) is 0.143. The summed E-state index contributed by atoms with van der Waals surface area (Å²) in [6.45, 7) is 1.85. The van der Waals surface area contributed by atoms with Gasteiger partial charge in [0.1, 0.15) is 11.6 Å². The van der Waals surface area contributed by atoms with Crippen molar-refractivity contribution in [2.24, 2.45) is 0 Å². The number of halogens is 1. The molecule has 144 valence electrons. The minimum Gasteiger partial charge on any atom is -0.467 e. The second kappa shape index (κ2) is 8.85. The largest absolute Gasteiger partial charge is 0.467 e. The van der Waals surface area contributed by atoms with Crippen LogP contribution in [0.4, 0.5) is 15.8 Å². The van der Waals surface area contributed by atoms with Crippen LogP contribution in [0.25, 0.3) is 0 Å². The molecule has 3 rings (SSSR count). The van der Waals surface area contributed by atoms with E-state index < -0.39 is 23.8 Å². The van der Waals surface area contributed by atoms with E-state index in [1.165, 1.54) is 25.1 Å². The molecule has 7 heteroatoms. The van der Waals surface area contributed by atoms with Crippen LogP contribution in [0.3, 0.4) is 0 Å². The molecule has 1 heterocycles. The highest BCUT2D eigenvalue weighted by Crippen LogP contribution is 2.19. The van der Waals surface area contributed by atoms with Crippen molar-refractivity contribution in [1.29, 1.82) is 0 Å². The Morgan fingerprint density at radius 3 is 2.68 bits per heavy atom. The van der Waals surface area contributed by atoms with Gasteiger partial charge in [-0.2, -0.15) is 0 Å². The van der Waals surface area contributed by atoms with Crippen LogP contribution in [0.1, 0.15) is 23.0 Å². The number of anilines is 2. The van der Waals surface area contributed by atoms with Crippen LogP contribution < -0.4 is 10.6 Å². The van der Waals surface area contributed by atoms with Crippen LogP contribution in [0.5, 0.6) is 0 Å². The van der Waals surface area contributed by atoms with Crippen molar-refractivity contribution in [3.8, 4) is 0 Å². The number of hydrogen-bond donors (Lipinski definition) is 2. The zero-order valence-corrected chi connectivity index (χ0v) is 15.1. The van der Waals surface area contributed by atoms with Gasteiger partial charge in [0, 0.05) is 11.4 Å². The molecule has 1 atom stereocenters. The summed E-state index contributed by atoms with van der Waals surface area (Å²) >= 11 is 0. The zero-order valence-electron chi connectivity index (χ0n) is 15.1. The average Bonchev–Trinajstić information content (AvgIpc) is 3.20. The van der Waals surface area contributed by atoms with E-state index in [0.29, 0.717) is 23.6 Å². The van der Waals surface area contributed by atoms with Gasteiger partial charge in [-0.25, -0.2) is 9.18 Å². The summed E-state index contributed by atoms with van der Waals surface area (Å²) in [5, 5.41) is 5.62. The van der Waals surface area contributed by atoms with E-state index in [0.717, 1.165) is 0 Å². The molecule has 0 aliphatic rings. The predicted molar refractivity (Wildman–Crippen MR) is 102 cm³/mol. The fourth-order valence-corrected chi connectivity index (χ4v) is 2.50. The molecule has 2 N–H and O–H groups in total. The lowest BCUT2D eigenvalue weighted by molar-refractivity contribution is -0.123. The standard InChI is InChI=1S/C21H19FN2O4/c1-14(20(25)24-16-7-4-6-15(22)12-16)28-21(26)18-9-2-3-10-19(18)23-13-17-8-5-11-27-17/h2-12,14,23H,13H2,1H3,(H,24,25)/t14-/m1/s1. The van der Waals surface area contributed by atoms with Crippen LogP contribution in [0.2, 0.25) is 0 Å². The molecule has 0 saturated heterocycles. The first-order valence-electron chi connectivity index (χ1n) is 8.65. The quantitative estimate of drug-likeness (QED) is 0.598. The Hall–Kier alpha value is -3.61. The second-order valence-electron chi connectivity index (χ2n) is 6.03. The van der Waals surface area contributed by atoms with E-state index in [1.54, 1.807) is 42.7 Å². The van der Waals surface area contributed by atoms with Gasteiger partial charge in [-0.1, -0.05) is 18.2 Å². The van der Waals surface area contributed by atoms with Crippen molar-refractivity contribution in [3.63, 3.8) is 0 Å². The summed E-state index contributed by atoms with van der Waals surface area (Å²) in [7, 11) is 0. The Morgan fingerprint density at radius 1 is 1.11 bits per heavy atom. The van der Waals surface area contributed by atoms with Gasteiger partial charge in [0.2, 0.25) is 0 Å². The maximum Gasteiger partial charge on any atom is 0.341 e. The highest BCUT2D eigenvalue weighted by atomic mass is 19.1. The summed E-state index contributed by atoms with van der Waals surface area (Å²) in [6, 6.07) is 15.9. The van der Waals surface area contributed by atoms with E-state index in [2.05, 4.69) is 10.6 Å². The Bertz CT molecular complexity index is 957. The van der Waals surface area contributed by atoms with Crippen molar-refractivity contribution in [1.82, 2.24) is 0 Å². The van der Waals surface area contributed by atoms with Gasteiger partial charge >= 0.3 is 5.97 Å². The number of furan rings is 1. The molecular weight excluding hydrogens is 363 g/mol. The highest BCUT2D eigenvalue weighted by molar-refractivity contribution is 5.99. The Kier molecular flexibility index (Phi) is 6.06. The molecule has 2 aromatic carbocycles. The molecule has 3 aromatic rings. The molecule has 0 spiro atoms. The van der Waals surface area contributed by atoms with E-state index >= 15 is 0 Å². The first-order chi connectivity index (χ1) is 13.5. The lowest BCUT2D eigenvalue weighted by atomic mass is 10.1. The Balaban J connectivity index is 1.62. The number of amides is 1. The first kappa shape index (κ1) is 19.2. The van der Waals surface area contributed by atoms with Gasteiger partial charge in [0.15, 0.2) is 6.10 Å². The highest BCUT2D eigenvalue weighted by Gasteiger charge is 2.21. The third-order valence-electron chi connectivity index (χ3n) is 3.93. The van der Waals surface area contributed by atoms with Crippen molar-refractivity contribution >= 4 is 23.3 Å². The molecule has 1 amide bonds. The molecule has 0 saturated carbocycles. The first-order valence-corrected chi connectivity index (χ1v) is 8.65. The van der Waals surface area contributed by atoms with E-state index in [-0.39, 0.29) is 5.69 Å². The van der Waals surface area contributed by atoms with Gasteiger partial charge in [0.05, 0.1) is 18.4 Å². The molecule has 0 bridgehead atoms. The summed E-state index contributed by atoms with van der Waals surface area (Å²) in [6.07, 6.45) is 0.504. The van der Waals surface area contributed by atoms with Gasteiger partial charge < -0.3 is 19.8 Å². The van der Waals surface area contributed by atoms with Crippen LogP contribution in [0, 0.1) is 5.82 Å². The molecule has 0 radical (unpaired) electrons. The third kappa shape index (κ3) is 4.97. The van der Waals surface area contributed by atoms with Crippen molar-refractivity contribution in [3.05, 3.63) is 84.1 Å². The van der Waals surface area contributed by atoms with Crippen LogP contribution in [-0.4, -0.2) is 18.0 Å². The van der Waals surface area contributed by atoms with Crippen LogP contribution >= 0.6 is 0 Å². The molecule has 1 aromatic heterocycles. The molecule has 0 unspecified atom stereocenters. The second-order valence-corrected chi connectivity index (χ2v) is 6.03. The number of para-hydroxylation sites is 1. The Labute approximate surface area is 161 Å². The number of carbonyl (C=O) groups is 2. The number of esters is 1. The summed E-state index contributed by atoms with van der Waals surface area (Å²) < 4.78 is 23.7. The van der Waals surface area contributed by atoms with Crippen molar-refractivity contribution < 1.29 is 23.1 Å². The number of benzene rings is 2. The normalized spacial score (nSPS) is 11.5. The average molecular weight is 382 g/mol. The maximum absolute atomic E-state index is 13.2. The topological polar surface area (TPSA) is 80.6 Å². The van der Waals surface area contributed by atoms with E-state index in [9.17, 15) is 14.0 Å². The zero-order chi connectivity index (χ0) is 19.9. The van der Waals surface area contributed by atoms with Crippen molar-refractivity contribution in [2.75, 3.05) is 10.6 Å². The monoisotopic (exact) mass is 382 g/mol. The van der Waals surface area contributed by atoms with Gasteiger partial charge in [-0.05, 0) is 49.4 Å². The van der Waals surface area contributed by atoms with Gasteiger partial charge in [0.25, 0.3) is 5.91 Å². The number of rotatable bonds is 7. The molecule has 0 aliphatic heterocycles. The smallest absolute Gasteiger partial charge is 0.341 e. The van der Waals surface area contributed by atoms with E-state index in [4.69, 9.17) is 9.15 Å². The predicted octanol–water partition coefficient (Wildman–Crippen LogP) is 4.21. The SMILES string of the molecule is C[C@@H](OC(=O)c1ccccc1NCc1ccco1)C(=O)Nc1cccc(F)c1. The van der Waals surface area contributed by atoms with Crippen LogP contribution in [0.15, 0.2) is 71.3 Å². The summed E-state index contributed by atoms with van der Waals surface area (Å²) in [5.74, 6) is -0.963. The summed E-state index contributed by atoms with van der Waals surface area (Å²) in [5.41, 5.74) is 1.13. The Morgan fingerprint density at radius 2 is 1.93 bits per heavy atom. The third-order valence-corrected chi connectivity index (χ3v) is 3.93.